The first-order valence-corrected chi connectivity index (χ1v) is 9.57. The van der Waals surface area contributed by atoms with Crippen LogP contribution < -0.4 is 5.32 Å². The van der Waals surface area contributed by atoms with Gasteiger partial charge >= 0.3 is 0 Å². The molecule has 0 aliphatic heterocycles. The molecule has 1 fully saturated rings. The maximum Gasteiger partial charge on any atom is 0.00719 e. The number of nitrogens with one attached hydrogen (secondary N) is 1. The van der Waals surface area contributed by atoms with E-state index >= 15 is 0 Å². The second-order valence-corrected chi connectivity index (χ2v) is 8.17. The Morgan fingerprint density at radius 3 is 2.48 bits per heavy atom. The smallest absolute Gasteiger partial charge is 0.00719 e. The molecule has 1 aliphatic carbocycles. The summed E-state index contributed by atoms with van der Waals surface area (Å²) in [5, 5.41) is 3.73. The number of thioether (sulfide) groups is 1. The van der Waals surface area contributed by atoms with Crippen molar-refractivity contribution >= 4 is 11.8 Å². The van der Waals surface area contributed by atoms with Crippen LogP contribution in [0.15, 0.2) is 35.2 Å². The van der Waals surface area contributed by atoms with Crippen LogP contribution >= 0.6 is 11.8 Å². The second-order valence-electron chi connectivity index (χ2n) is 7.00. The second kappa shape index (κ2) is 8.85. The van der Waals surface area contributed by atoms with E-state index in [2.05, 4.69) is 49.5 Å². The predicted molar refractivity (Wildman–Crippen MR) is 95.0 cm³/mol. The van der Waals surface area contributed by atoms with Gasteiger partial charge in [-0.2, -0.15) is 0 Å². The standard InChI is InChI=1S/C19H31NS/c1-17(2)15-20-16-19(11-7-4-8-12-19)13-14-21-18-9-5-3-6-10-18/h3,5-6,9-10,17,20H,4,7-8,11-16H2,1-2H3. The highest BCUT2D eigenvalue weighted by Gasteiger charge is 2.31. The van der Waals surface area contributed by atoms with Crippen molar-refractivity contribution in [1.82, 2.24) is 5.32 Å². The summed E-state index contributed by atoms with van der Waals surface area (Å²) in [6.45, 7) is 6.98. The van der Waals surface area contributed by atoms with Crippen LogP contribution in [0, 0.1) is 11.3 Å². The minimum Gasteiger partial charge on any atom is -0.316 e. The van der Waals surface area contributed by atoms with Crippen LogP contribution in [-0.4, -0.2) is 18.8 Å². The van der Waals surface area contributed by atoms with E-state index in [1.165, 1.54) is 55.7 Å². The summed E-state index contributed by atoms with van der Waals surface area (Å²) in [6, 6.07) is 10.8. The first kappa shape index (κ1) is 16.9. The molecular formula is C19H31NS. The molecular weight excluding hydrogens is 274 g/mol. The van der Waals surface area contributed by atoms with Crippen molar-refractivity contribution < 1.29 is 0 Å². The highest BCUT2D eigenvalue weighted by molar-refractivity contribution is 7.99. The van der Waals surface area contributed by atoms with E-state index in [0.29, 0.717) is 5.41 Å². The van der Waals surface area contributed by atoms with Crippen LogP contribution in [0.1, 0.15) is 52.4 Å². The molecule has 2 rings (SSSR count). The van der Waals surface area contributed by atoms with Gasteiger partial charge in [0, 0.05) is 11.4 Å². The summed E-state index contributed by atoms with van der Waals surface area (Å²) in [7, 11) is 0. The zero-order valence-corrected chi connectivity index (χ0v) is 14.6. The molecule has 2 heteroatoms. The van der Waals surface area contributed by atoms with E-state index in [-0.39, 0.29) is 0 Å². The van der Waals surface area contributed by atoms with Gasteiger partial charge in [-0.25, -0.2) is 0 Å². The largest absolute Gasteiger partial charge is 0.316 e. The van der Waals surface area contributed by atoms with E-state index in [1.54, 1.807) is 0 Å². The summed E-state index contributed by atoms with van der Waals surface area (Å²) >= 11 is 2.02. The molecule has 0 spiro atoms. The fraction of sp³-hybridized carbons (Fsp3) is 0.684. The number of rotatable bonds is 8. The van der Waals surface area contributed by atoms with E-state index < -0.39 is 0 Å². The third kappa shape index (κ3) is 6.04. The minimum absolute atomic E-state index is 0.564. The molecule has 1 aromatic carbocycles. The fourth-order valence-corrected chi connectivity index (χ4v) is 4.47. The summed E-state index contributed by atoms with van der Waals surface area (Å²) in [6.07, 6.45) is 8.51. The molecule has 1 N–H and O–H groups in total. The molecule has 118 valence electrons. The normalized spacial score (nSPS) is 18.0. The Kier molecular flexibility index (Phi) is 7.12. The van der Waals surface area contributed by atoms with Gasteiger partial charge in [-0.15, -0.1) is 11.8 Å². The average molecular weight is 306 g/mol. The van der Waals surface area contributed by atoms with Crippen LogP contribution in [0.2, 0.25) is 0 Å². The summed E-state index contributed by atoms with van der Waals surface area (Å²) in [5.41, 5.74) is 0.564. The third-order valence-corrected chi connectivity index (χ3v) is 5.62. The molecule has 1 aliphatic rings. The van der Waals surface area contributed by atoms with Crippen LogP contribution in [0.3, 0.4) is 0 Å². The quantitative estimate of drug-likeness (QED) is 0.648. The Balaban J connectivity index is 1.81. The van der Waals surface area contributed by atoms with Crippen molar-refractivity contribution in [3.63, 3.8) is 0 Å². The summed E-state index contributed by atoms with van der Waals surface area (Å²) < 4.78 is 0. The van der Waals surface area contributed by atoms with Gasteiger partial charge in [0.15, 0.2) is 0 Å². The molecule has 1 aromatic rings. The van der Waals surface area contributed by atoms with Crippen molar-refractivity contribution in [3.05, 3.63) is 30.3 Å². The lowest BCUT2D eigenvalue weighted by Gasteiger charge is -2.38. The highest BCUT2D eigenvalue weighted by atomic mass is 32.2. The van der Waals surface area contributed by atoms with Crippen LogP contribution in [0.4, 0.5) is 0 Å². The van der Waals surface area contributed by atoms with Crippen molar-refractivity contribution in [2.75, 3.05) is 18.8 Å². The Morgan fingerprint density at radius 1 is 1.10 bits per heavy atom. The fourth-order valence-electron chi connectivity index (χ4n) is 3.35. The van der Waals surface area contributed by atoms with E-state index in [0.717, 1.165) is 12.5 Å². The zero-order valence-electron chi connectivity index (χ0n) is 13.7. The van der Waals surface area contributed by atoms with E-state index in [9.17, 15) is 0 Å². The number of benzene rings is 1. The minimum atomic E-state index is 0.564. The molecule has 0 atom stereocenters. The van der Waals surface area contributed by atoms with Gasteiger partial charge in [-0.3, -0.25) is 0 Å². The maximum atomic E-state index is 3.73. The topological polar surface area (TPSA) is 12.0 Å². The van der Waals surface area contributed by atoms with Gasteiger partial charge < -0.3 is 5.32 Å². The number of hydrogen-bond acceptors (Lipinski definition) is 2. The summed E-state index contributed by atoms with van der Waals surface area (Å²) in [5.74, 6) is 2.01. The molecule has 21 heavy (non-hydrogen) atoms. The molecule has 0 saturated heterocycles. The van der Waals surface area contributed by atoms with Gasteiger partial charge in [0.05, 0.1) is 0 Å². The SMILES string of the molecule is CC(C)CNCC1(CCSc2ccccc2)CCCCC1. The van der Waals surface area contributed by atoms with E-state index in [1.807, 2.05) is 11.8 Å². The molecule has 0 aromatic heterocycles. The predicted octanol–water partition coefficient (Wildman–Crippen LogP) is 5.36. The van der Waals surface area contributed by atoms with Gasteiger partial charge in [0.2, 0.25) is 0 Å². The molecule has 1 nitrogen and oxygen atoms in total. The van der Waals surface area contributed by atoms with Gasteiger partial charge in [0.25, 0.3) is 0 Å². The highest BCUT2D eigenvalue weighted by Crippen LogP contribution is 2.40. The molecule has 0 unspecified atom stereocenters. The monoisotopic (exact) mass is 305 g/mol. The zero-order chi connectivity index (χ0) is 15.0. The lowest BCUT2D eigenvalue weighted by molar-refractivity contribution is 0.174. The molecule has 0 amide bonds. The number of hydrogen-bond donors (Lipinski definition) is 1. The average Bonchev–Trinajstić information content (AvgIpc) is 2.49. The van der Waals surface area contributed by atoms with Gasteiger partial charge in [0.1, 0.15) is 0 Å². The Morgan fingerprint density at radius 2 is 1.81 bits per heavy atom. The lowest BCUT2D eigenvalue weighted by Crippen LogP contribution is -2.38. The third-order valence-electron chi connectivity index (χ3n) is 4.61. The Hall–Kier alpha value is -0.470. The van der Waals surface area contributed by atoms with E-state index in [4.69, 9.17) is 0 Å². The van der Waals surface area contributed by atoms with Crippen molar-refractivity contribution in [3.8, 4) is 0 Å². The molecule has 0 bridgehead atoms. The van der Waals surface area contributed by atoms with Crippen molar-refractivity contribution in [2.24, 2.45) is 11.3 Å². The van der Waals surface area contributed by atoms with Gasteiger partial charge in [-0.1, -0.05) is 51.3 Å². The Bertz CT molecular complexity index is 382. The first-order chi connectivity index (χ1) is 10.2. The maximum absolute atomic E-state index is 3.73. The molecule has 0 radical (unpaired) electrons. The van der Waals surface area contributed by atoms with Crippen molar-refractivity contribution in [1.29, 1.82) is 0 Å². The molecule has 1 saturated carbocycles. The first-order valence-electron chi connectivity index (χ1n) is 8.59. The van der Waals surface area contributed by atoms with Crippen molar-refractivity contribution in [2.45, 2.75) is 57.3 Å². The van der Waals surface area contributed by atoms with Crippen LogP contribution in [0.5, 0.6) is 0 Å². The van der Waals surface area contributed by atoms with Crippen LogP contribution in [-0.2, 0) is 0 Å². The molecule has 0 heterocycles. The van der Waals surface area contributed by atoms with Crippen LogP contribution in [0.25, 0.3) is 0 Å². The lowest BCUT2D eigenvalue weighted by atomic mass is 9.72. The van der Waals surface area contributed by atoms with Gasteiger partial charge in [-0.05, 0) is 55.0 Å². The Labute approximate surface area is 135 Å². The summed E-state index contributed by atoms with van der Waals surface area (Å²) in [4.78, 5) is 1.42.